The molecule has 1 aliphatic heterocycles. The molecule has 0 spiro atoms. The van der Waals surface area contributed by atoms with E-state index < -0.39 is 0 Å². The second-order valence-corrected chi connectivity index (χ2v) is 5.87. The van der Waals surface area contributed by atoms with Gasteiger partial charge in [0.1, 0.15) is 5.82 Å². The number of hydrogen-bond donors (Lipinski definition) is 2. The summed E-state index contributed by atoms with van der Waals surface area (Å²) in [6.07, 6.45) is 3.34. The fraction of sp³-hybridized carbons (Fsp3) is 0.533. The summed E-state index contributed by atoms with van der Waals surface area (Å²) < 4.78 is 13.2. The molecule has 0 aromatic heterocycles. The molecule has 1 aromatic carbocycles. The van der Waals surface area contributed by atoms with Gasteiger partial charge in [0.2, 0.25) is 5.91 Å². The lowest BCUT2D eigenvalue weighted by Gasteiger charge is -2.32. The van der Waals surface area contributed by atoms with Crippen molar-refractivity contribution in [3.05, 3.63) is 34.6 Å². The minimum atomic E-state index is -0.365. The summed E-state index contributed by atoms with van der Waals surface area (Å²) in [5, 5.41) is 0.197. The van der Waals surface area contributed by atoms with Crippen molar-refractivity contribution in [2.75, 3.05) is 19.6 Å². The molecule has 6 heteroatoms. The van der Waals surface area contributed by atoms with Crippen molar-refractivity contribution in [2.45, 2.75) is 31.6 Å². The lowest BCUT2D eigenvalue weighted by Crippen LogP contribution is -2.35. The average Bonchev–Trinajstić information content (AvgIpc) is 2.50. The zero-order chi connectivity index (χ0) is 15.2. The van der Waals surface area contributed by atoms with Crippen molar-refractivity contribution in [3.8, 4) is 0 Å². The van der Waals surface area contributed by atoms with Crippen molar-refractivity contribution in [1.82, 2.24) is 10.3 Å². The third-order valence-corrected chi connectivity index (χ3v) is 4.33. The summed E-state index contributed by atoms with van der Waals surface area (Å²) in [6, 6.07) is 5.01. The van der Waals surface area contributed by atoms with Gasteiger partial charge < -0.3 is 4.90 Å². The number of amides is 1. The van der Waals surface area contributed by atoms with E-state index >= 15 is 0 Å². The molecule has 1 fully saturated rings. The lowest BCUT2D eigenvalue weighted by atomic mass is 9.89. The van der Waals surface area contributed by atoms with Gasteiger partial charge in [-0.05, 0) is 62.5 Å². The number of likely N-dealkylation sites (tertiary alicyclic amines) is 1. The number of piperidine rings is 1. The Kier molecular flexibility index (Phi) is 5.96. The van der Waals surface area contributed by atoms with Crippen LogP contribution >= 0.6 is 11.6 Å². The highest BCUT2D eigenvalue weighted by atomic mass is 35.5. The summed E-state index contributed by atoms with van der Waals surface area (Å²) in [7, 11) is 0. The van der Waals surface area contributed by atoms with Gasteiger partial charge in [0.15, 0.2) is 0 Å². The quantitative estimate of drug-likeness (QED) is 0.499. The first-order valence-electron chi connectivity index (χ1n) is 7.27. The highest BCUT2D eigenvalue weighted by Crippen LogP contribution is 2.30. The van der Waals surface area contributed by atoms with Crippen molar-refractivity contribution in [1.29, 1.82) is 0 Å². The fourth-order valence-electron chi connectivity index (χ4n) is 2.79. The number of nitrogens with zero attached hydrogens (tertiary/aromatic N) is 1. The number of benzene rings is 1. The third kappa shape index (κ3) is 4.66. The van der Waals surface area contributed by atoms with E-state index in [0.717, 1.165) is 44.5 Å². The van der Waals surface area contributed by atoms with Gasteiger partial charge in [0.25, 0.3) is 0 Å². The summed E-state index contributed by atoms with van der Waals surface area (Å²) in [5.41, 5.74) is 3.25. The molecule has 1 aromatic rings. The molecular formula is C15H21ClFN3O. The maximum absolute atomic E-state index is 13.2. The van der Waals surface area contributed by atoms with E-state index in [1.165, 1.54) is 6.07 Å². The first-order valence-corrected chi connectivity index (χ1v) is 7.64. The molecule has 1 aliphatic rings. The molecule has 1 amide bonds. The molecule has 0 atom stereocenters. The van der Waals surface area contributed by atoms with Gasteiger partial charge in [0, 0.05) is 6.42 Å². The van der Waals surface area contributed by atoms with Crippen LogP contribution in [0.3, 0.4) is 0 Å². The fourth-order valence-corrected chi connectivity index (χ4v) is 2.98. The first kappa shape index (κ1) is 16.2. The highest BCUT2D eigenvalue weighted by molar-refractivity contribution is 6.30. The van der Waals surface area contributed by atoms with Crippen molar-refractivity contribution in [3.63, 3.8) is 0 Å². The zero-order valence-corrected chi connectivity index (χ0v) is 12.7. The number of carbonyl (C=O) groups is 1. The van der Waals surface area contributed by atoms with E-state index in [-0.39, 0.29) is 16.7 Å². The zero-order valence-electron chi connectivity index (χ0n) is 11.9. The minimum absolute atomic E-state index is 0.120. The highest BCUT2D eigenvalue weighted by Gasteiger charge is 2.21. The maximum Gasteiger partial charge on any atom is 0.233 e. The molecule has 3 N–H and O–H groups in total. The first-order chi connectivity index (χ1) is 10.1. The minimum Gasteiger partial charge on any atom is -0.303 e. The Labute approximate surface area is 129 Å². The van der Waals surface area contributed by atoms with Gasteiger partial charge >= 0.3 is 0 Å². The van der Waals surface area contributed by atoms with Crippen LogP contribution in [0.1, 0.15) is 37.2 Å². The van der Waals surface area contributed by atoms with Gasteiger partial charge in [-0.3, -0.25) is 10.2 Å². The Morgan fingerprint density at radius 2 is 2.14 bits per heavy atom. The van der Waals surface area contributed by atoms with Crippen LogP contribution in [-0.2, 0) is 4.79 Å². The van der Waals surface area contributed by atoms with Crippen LogP contribution in [0.2, 0.25) is 5.02 Å². The van der Waals surface area contributed by atoms with Crippen LogP contribution < -0.4 is 11.3 Å². The van der Waals surface area contributed by atoms with Gasteiger partial charge in [-0.2, -0.15) is 0 Å². The lowest BCUT2D eigenvalue weighted by molar-refractivity contribution is -0.121. The number of hydrogen-bond acceptors (Lipinski definition) is 3. The van der Waals surface area contributed by atoms with Crippen LogP contribution in [0.15, 0.2) is 18.2 Å². The Bertz CT molecular complexity index is 490. The number of nitrogens with one attached hydrogen (secondary N) is 1. The molecule has 116 valence electrons. The standard InChI is InChI=1S/C15H21ClFN3O/c16-13-10-12(3-4-14(13)17)11-5-8-20(9-6-11)7-1-2-15(21)19-18/h3-4,10-11H,1-2,5-9,18H2,(H,19,21). The molecule has 4 nitrogen and oxygen atoms in total. The summed E-state index contributed by atoms with van der Waals surface area (Å²) in [6.45, 7) is 2.89. The van der Waals surface area contributed by atoms with Gasteiger partial charge in [-0.15, -0.1) is 0 Å². The van der Waals surface area contributed by atoms with Crippen LogP contribution in [0.25, 0.3) is 0 Å². The van der Waals surface area contributed by atoms with Crippen LogP contribution in [0.4, 0.5) is 4.39 Å². The second-order valence-electron chi connectivity index (χ2n) is 5.46. The number of rotatable bonds is 5. The molecule has 2 rings (SSSR count). The van der Waals surface area contributed by atoms with E-state index in [0.29, 0.717) is 12.3 Å². The van der Waals surface area contributed by atoms with Crippen LogP contribution in [0.5, 0.6) is 0 Å². The van der Waals surface area contributed by atoms with Crippen molar-refractivity contribution >= 4 is 17.5 Å². The monoisotopic (exact) mass is 313 g/mol. The molecule has 0 bridgehead atoms. The molecule has 0 unspecified atom stereocenters. The number of nitrogens with two attached hydrogens (primary N) is 1. The molecule has 1 heterocycles. The van der Waals surface area contributed by atoms with Gasteiger partial charge in [-0.25, -0.2) is 10.2 Å². The Balaban J connectivity index is 1.77. The molecule has 0 aliphatic carbocycles. The average molecular weight is 314 g/mol. The van der Waals surface area contributed by atoms with E-state index in [1.807, 2.05) is 6.07 Å². The summed E-state index contributed by atoms with van der Waals surface area (Å²) in [4.78, 5) is 13.4. The number of hydrazine groups is 1. The van der Waals surface area contributed by atoms with E-state index in [4.69, 9.17) is 17.4 Å². The van der Waals surface area contributed by atoms with Gasteiger partial charge in [-0.1, -0.05) is 17.7 Å². The van der Waals surface area contributed by atoms with E-state index in [1.54, 1.807) is 6.07 Å². The summed E-state index contributed by atoms with van der Waals surface area (Å²) >= 11 is 5.84. The molecular weight excluding hydrogens is 293 g/mol. The predicted molar refractivity (Wildman–Crippen MR) is 81.4 cm³/mol. The third-order valence-electron chi connectivity index (χ3n) is 4.04. The normalized spacial score (nSPS) is 16.9. The largest absolute Gasteiger partial charge is 0.303 e. The van der Waals surface area contributed by atoms with E-state index in [9.17, 15) is 9.18 Å². The van der Waals surface area contributed by atoms with Crippen molar-refractivity contribution in [2.24, 2.45) is 5.84 Å². The topological polar surface area (TPSA) is 58.4 Å². The van der Waals surface area contributed by atoms with Crippen LogP contribution in [0, 0.1) is 5.82 Å². The Morgan fingerprint density at radius 3 is 2.76 bits per heavy atom. The second kappa shape index (κ2) is 7.73. The number of halogens is 2. The van der Waals surface area contributed by atoms with Crippen LogP contribution in [-0.4, -0.2) is 30.4 Å². The molecule has 21 heavy (non-hydrogen) atoms. The SMILES string of the molecule is NNC(=O)CCCN1CCC(c2ccc(F)c(Cl)c2)CC1. The molecule has 1 saturated heterocycles. The maximum atomic E-state index is 13.2. The smallest absolute Gasteiger partial charge is 0.233 e. The Hall–Kier alpha value is -1.17. The van der Waals surface area contributed by atoms with Crippen molar-refractivity contribution < 1.29 is 9.18 Å². The number of carbonyl (C=O) groups excluding carboxylic acids is 1. The molecule has 0 radical (unpaired) electrons. The van der Waals surface area contributed by atoms with E-state index in [2.05, 4.69) is 10.3 Å². The molecule has 0 saturated carbocycles. The van der Waals surface area contributed by atoms with Gasteiger partial charge in [0.05, 0.1) is 5.02 Å². The Morgan fingerprint density at radius 1 is 1.43 bits per heavy atom. The summed E-state index contributed by atoms with van der Waals surface area (Å²) in [5.74, 6) is 5.00. The predicted octanol–water partition coefficient (Wildman–Crippen LogP) is 2.43.